The van der Waals surface area contributed by atoms with Crippen molar-refractivity contribution >= 4 is 39.8 Å². The molecule has 0 aliphatic heterocycles. The highest BCUT2D eigenvalue weighted by atomic mass is 32.1. The summed E-state index contributed by atoms with van der Waals surface area (Å²) in [5, 5.41) is 15.9. The third kappa shape index (κ3) is 3.86. The SMILES string of the molecule is CC(C)c1cc(C(=O)Nc2ccccc2)c(NC(=O)[C@@H]2[C@@H]3CC[C@@H](C3)[C@@H]2C(=O)O)s1. The molecule has 0 radical (unpaired) electrons. The molecule has 6 nitrogen and oxygen atoms in total. The number of rotatable bonds is 6. The Morgan fingerprint density at radius 2 is 1.70 bits per heavy atom. The van der Waals surface area contributed by atoms with Crippen molar-refractivity contribution in [3.63, 3.8) is 0 Å². The number of carbonyl (C=O) groups is 3. The van der Waals surface area contributed by atoms with Crippen LogP contribution in [0.2, 0.25) is 0 Å². The number of fused-ring (bicyclic) bond motifs is 2. The summed E-state index contributed by atoms with van der Waals surface area (Å²) in [7, 11) is 0. The zero-order chi connectivity index (χ0) is 21.4. The van der Waals surface area contributed by atoms with Crippen LogP contribution in [0.15, 0.2) is 36.4 Å². The minimum absolute atomic E-state index is 0.0821. The van der Waals surface area contributed by atoms with E-state index in [0.717, 1.165) is 24.1 Å². The standard InChI is InChI=1S/C23H26N2O4S/c1-12(2)17-11-16(20(26)24-15-6-4-3-5-7-15)22(30-17)25-21(27)18-13-8-9-14(10-13)19(18)23(28)29/h3-7,11-14,18-19H,8-10H2,1-2H3,(H,24,26)(H,25,27)(H,28,29)/t13-,14+,18-,19+/m1/s1. The number of hydrogen-bond acceptors (Lipinski definition) is 4. The van der Waals surface area contributed by atoms with Gasteiger partial charge in [0.1, 0.15) is 5.00 Å². The van der Waals surface area contributed by atoms with Gasteiger partial charge < -0.3 is 15.7 Å². The zero-order valence-electron chi connectivity index (χ0n) is 17.1. The van der Waals surface area contributed by atoms with Crippen molar-refractivity contribution in [3.05, 3.63) is 46.8 Å². The van der Waals surface area contributed by atoms with E-state index in [1.165, 1.54) is 11.3 Å². The molecule has 0 spiro atoms. The summed E-state index contributed by atoms with van der Waals surface area (Å²) in [5.41, 5.74) is 1.09. The maximum atomic E-state index is 13.1. The molecule has 2 saturated carbocycles. The van der Waals surface area contributed by atoms with Gasteiger partial charge in [-0.1, -0.05) is 32.0 Å². The lowest BCUT2D eigenvalue weighted by atomic mass is 9.79. The Labute approximate surface area is 179 Å². The molecule has 3 N–H and O–H groups in total. The van der Waals surface area contributed by atoms with E-state index < -0.39 is 17.8 Å². The molecule has 1 aromatic carbocycles. The van der Waals surface area contributed by atoms with Crippen molar-refractivity contribution in [2.75, 3.05) is 10.6 Å². The molecule has 158 valence electrons. The Bertz CT molecular complexity index is 969. The molecule has 0 saturated heterocycles. The fraction of sp³-hybridized carbons (Fsp3) is 0.435. The van der Waals surface area contributed by atoms with Gasteiger partial charge in [-0.3, -0.25) is 14.4 Å². The number of hydrogen-bond donors (Lipinski definition) is 3. The Morgan fingerprint density at radius 3 is 2.33 bits per heavy atom. The maximum absolute atomic E-state index is 13.1. The van der Waals surface area contributed by atoms with Gasteiger partial charge in [0.05, 0.1) is 17.4 Å². The van der Waals surface area contributed by atoms with E-state index >= 15 is 0 Å². The topological polar surface area (TPSA) is 95.5 Å². The van der Waals surface area contributed by atoms with Crippen molar-refractivity contribution in [2.45, 2.75) is 39.0 Å². The number of carbonyl (C=O) groups excluding carboxylic acids is 2. The van der Waals surface area contributed by atoms with E-state index in [1.54, 1.807) is 12.1 Å². The van der Waals surface area contributed by atoms with Gasteiger partial charge in [0, 0.05) is 10.6 Å². The first-order valence-corrected chi connectivity index (χ1v) is 11.2. The van der Waals surface area contributed by atoms with Crippen LogP contribution in [0.1, 0.15) is 54.3 Å². The number of nitrogens with one attached hydrogen (secondary N) is 2. The monoisotopic (exact) mass is 426 g/mol. The number of anilines is 2. The number of para-hydroxylation sites is 1. The largest absolute Gasteiger partial charge is 0.481 e. The molecule has 2 aromatic rings. The van der Waals surface area contributed by atoms with Crippen LogP contribution in [0, 0.1) is 23.7 Å². The Kier molecular flexibility index (Phi) is 5.64. The molecule has 2 fully saturated rings. The second-order valence-electron chi connectivity index (χ2n) is 8.58. The van der Waals surface area contributed by atoms with Crippen molar-refractivity contribution in [1.82, 2.24) is 0 Å². The van der Waals surface area contributed by atoms with Gasteiger partial charge in [0.2, 0.25) is 5.91 Å². The number of carboxylic acids is 1. The second kappa shape index (κ2) is 8.22. The predicted molar refractivity (Wildman–Crippen MR) is 117 cm³/mol. The normalized spacial score (nSPS) is 24.8. The van der Waals surface area contributed by atoms with E-state index in [2.05, 4.69) is 10.6 Å². The molecule has 2 aliphatic rings. The molecule has 1 aromatic heterocycles. The van der Waals surface area contributed by atoms with Crippen molar-refractivity contribution in [1.29, 1.82) is 0 Å². The number of amides is 2. The molecule has 2 bridgehead atoms. The second-order valence-corrected chi connectivity index (χ2v) is 9.66. The average Bonchev–Trinajstić information content (AvgIpc) is 3.42. The van der Waals surface area contributed by atoms with Crippen LogP contribution in [-0.2, 0) is 9.59 Å². The van der Waals surface area contributed by atoms with Crippen molar-refractivity contribution < 1.29 is 19.5 Å². The number of carboxylic acid groups (broad SMARTS) is 1. The smallest absolute Gasteiger partial charge is 0.307 e. The molecule has 4 atom stereocenters. The van der Waals surface area contributed by atoms with E-state index in [-0.39, 0.29) is 29.6 Å². The fourth-order valence-corrected chi connectivity index (χ4v) is 5.96. The Balaban J connectivity index is 1.58. The number of aliphatic carboxylic acids is 1. The molecular formula is C23H26N2O4S. The molecule has 2 aliphatic carbocycles. The Morgan fingerprint density at radius 1 is 1.03 bits per heavy atom. The molecule has 7 heteroatoms. The van der Waals surface area contributed by atoms with Gasteiger partial charge in [-0.05, 0) is 55.2 Å². The fourth-order valence-electron chi connectivity index (χ4n) is 4.90. The van der Waals surface area contributed by atoms with Crippen LogP contribution >= 0.6 is 11.3 Å². The first-order valence-electron chi connectivity index (χ1n) is 10.4. The highest BCUT2D eigenvalue weighted by molar-refractivity contribution is 7.16. The summed E-state index contributed by atoms with van der Waals surface area (Å²) in [5.74, 6) is -2.22. The van der Waals surface area contributed by atoms with Crippen LogP contribution < -0.4 is 10.6 Å². The highest BCUT2D eigenvalue weighted by Gasteiger charge is 2.54. The van der Waals surface area contributed by atoms with E-state index in [4.69, 9.17) is 0 Å². The molecular weight excluding hydrogens is 400 g/mol. The predicted octanol–water partition coefficient (Wildman–Crippen LogP) is 4.81. The van der Waals surface area contributed by atoms with Gasteiger partial charge in [-0.15, -0.1) is 11.3 Å². The minimum atomic E-state index is -0.890. The summed E-state index contributed by atoms with van der Waals surface area (Å²) < 4.78 is 0. The lowest BCUT2D eigenvalue weighted by Crippen LogP contribution is -2.38. The van der Waals surface area contributed by atoms with E-state index in [9.17, 15) is 19.5 Å². The zero-order valence-corrected chi connectivity index (χ0v) is 17.9. The summed E-state index contributed by atoms with van der Waals surface area (Å²) in [4.78, 5) is 38.8. The molecule has 4 rings (SSSR count). The summed E-state index contributed by atoms with van der Waals surface area (Å²) in [6.45, 7) is 4.07. The summed E-state index contributed by atoms with van der Waals surface area (Å²) in [6.07, 6.45) is 2.58. The number of benzene rings is 1. The van der Waals surface area contributed by atoms with Gasteiger partial charge in [0.15, 0.2) is 0 Å². The maximum Gasteiger partial charge on any atom is 0.307 e. The van der Waals surface area contributed by atoms with Gasteiger partial charge >= 0.3 is 5.97 Å². The lowest BCUT2D eigenvalue weighted by Gasteiger charge is -2.26. The third-order valence-electron chi connectivity index (χ3n) is 6.34. The lowest BCUT2D eigenvalue weighted by molar-refractivity contribution is -0.148. The van der Waals surface area contributed by atoms with Crippen LogP contribution in [0.4, 0.5) is 10.7 Å². The van der Waals surface area contributed by atoms with Gasteiger partial charge in [-0.2, -0.15) is 0 Å². The molecule has 30 heavy (non-hydrogen) atoms. The summed E-state index contributed by atoms with van der Waals surface area (Å²) in [6, 6.07) is 11.0. The third-order valence-corrected chi connectivity index (χ3v) is 7.69. The average molecular weight is 427 g/mol. The van der Waals surface area contributed by atoms with Crippen molar-refractivity contribution in [2.24, 2.45) is 23.7 Å². The van der Waals surface area contributed by atoms with Gasteiger partial charge in [-0.25, -0.2) is 0 Å². The Hall–Kier alpha value is -2.67. The van der Waals surface area contributed by atoms with Crippen LogP contribution in [0.5, 0.6) is 0 Å². The van der Waals surface area contributed by atoms with Crippen LogP contribution in [-0.4, -0.2) is 22.9 Å². The van der Waals surface area contributed by atoms with E-state index in [0.29, 0.717) is 16.3 Å². The van der Waals surface area contributed by atoms with Crippen LogP contribution in [0.3, 0.4) is 0 Å². The summed E-state index contributed by atoms with van der Waals surface area (Å²) >= 11 is 1.38. The first kappa shape index (κ1) is 20.6. The van der Waals surface area contributed by atoms with E-state index in [1.807, 2.05) is 38.1 Å². The quantitative estimate of drug-likeness (QED) is 0.618. The molecule has 1 heterocycles. The molecule has 0 unspecified atom stereocenters. The first-order chi connectivity index (χ1) is 14.3. The van der Waals surface area contributed by atoms with Crippen molar-refractivity contribution in [3.8, 4) is 0 Å². The highest BCUT2D eigenvalue weighted by Crippen LogP contribution is 2.53. The van der Waals surface area contributed by atoms with Crippen LogP contribution in [0.25, 0.3) is 0 Å². The van der Waals surface area contributed by atoms with Gasteiger partial charge in [0.25, 0.3) is 5.91 Å². The minimum Gasteiger partial charge on any atom is -0.481 e. The number of thiophene rings is 1. The molecule has 2 amide bonds.